The third-order valence-corrected chi connectivity index (χ3v) is 3.92. The molecule has 0 saturated carbocycles. The highest BCUT2D eigenvalue weighted by Gasteiger charge is 2.20. The maximum Gasteiger partial charge on any atom is 0.179 e. The van der Waals surface area contributed by atoms with Crippen LogP contribution < -0.4 is 0 Å². The van der Waals surface area contributed by atoms with Crippen molar-refractivity contribution in [1.82, 2.24) is 19.3 Å². The highest BCUT2D eigenvalue weighted by molar-refractivity contribution is 7.71. The Morgan fingerprint density at radius 1 is 1.56 bits per heavy atom. The molecule has 0 aromatic carbocycles. The standard InChI is InChI=1S/C12H18N4OS/c1-3-16-11-10(8(2)14-16)13-12(18)15(11)6-9-4-5-17-7-9/h9H,3-7H2,1-2H3,(H,13,18). The van der Waals surface area contributed by atoms with Crippen LogP contribution in [-0.2, 0) is 17.8 Å². The van der Waals surface area contributed by atoms with E-state index in [1.165, 1.54) is 0 Å². The van der Waals surface area contributed by atoms with E-state index in [1.807, 2.05) is 11.6 Å². The normalized spacial score (nSPS) is 20.0. The summed E-state index contributed by atoms with van der Waals surface area (Å²) in [5.41, 5.74) is 3.20. The van der Waals surface area contributed by atoms with Gasteiger partial charge in [-0.05, 0) is 32.5 Å². The van der Waals surface area contributed by atoms with Gasteiger partial charge in [0.1, 0.15) is 5.52 Å². The molecule has 0 radical (unpaired) electrons. The number of aromatic amines is 1. The van der Waals surface area contributed by atoms with E-state index in [4.69, 9.17) is 17.0 Å². The smallest absolute Gasteiger partial charge is 0.179 e. The fraction of sp³-hybridized carbons (Fsp3) is 0.667. The predicted octanol–water partition coefficient (Wildman–Crippen LogP) is 2.26. The van der Waals surface area contributed by atoms with Crippen molar-refractivity contribution in [3.63, 3.8) is 0 Å². The highest BCUT2D eigenvalue weighted by atomic mass is 32.1. The van der Waals surface area contributed by atoms with Gasteiger partial charge >= 0.3 is 0 Å². The maximum atomic E-state index is 5.44. The van der Waals surface area contributed by atoms with Crippen LogP contribution in [0.2, 0.25) is 0 Å². The Morgan fingerprint density at radius 3 is 3.06 bits per heavy atom. The van der Waals surface area contributed by atoms with Gasteiger partial charge in [-0.2, -0.15) is 5.10 Å². The Balaban J connectivity index is 2.08. The first-order chi connectivity index (χ1) is 8.70. The van der Waals surface area contributed by atoms with Crippen molar-refractivity contribution in [2.24, 2.45) is 5.92 Å². The molecule has 3 rings (SSSR count). The van der Waals surface area contributed by atoms with Gasteiger partial charge in [0.2, 0.25) is 0 Å². The summed E-state index contributed by atoms with van der Waals surface area (Å²) in [5.74, 6) is 0.566. The molecule has 1 unspecified atom stereocenters. The fourth-order valence-corrected chi connectivity index (χ4v) is 2.90. The first-order valence-corrected chi connectivity index (χ1v) is 6.85. The molecule has 0 bridgehead atoms. The van der Waals surface area contributed by atoms with E-state index in [0.29, 0.717) is 5.92 Å². The van der Waals surface area contributed by atoms with E-state index >= 15 is 0 Å². The van der Waals surface area contributed by atoms with E-state index in [1.54, 1.807) is 0 Å². The van der Waals surface area contributed by atoms with E-state index < -0.39 is 0 Å². The van der Waals surface area contributed by atoms with Crippen molar-refractivity contribution in [3.8, 4) is 0 Å². The average Bonchev–Trinajstić information content (AvgIpc) is 3.02. The highest BCUT2D eigenvalue weighted by Crippen LogP contribution is 2.22. The molecule has 1 aliphatic rings. The lowest BCUT2D eigenvalue weighted by Crippen LogP contribution is -2.13. The number of imidazole rings is 1. The SMILES string of the molecule is CCn1nc(C)c2[nH]c(=S)n(CC3CCOC3)c21. The van der Waals surface area contributed by atoms with Gasteiger partial charge in [0.25, 0.3) is 0 Å². The van der Waals surface area contributed by atoms with Crippen molar-refractivity contribution >= 4 is 23.4 Å². The second kappa shape index (κ2) is 4.51. The van der Waals surface area contributed by atoms with Crippen LogP contribution in [0.5, 0.6) is 0 Å². The molecular formula is C12H18N4OS. The molecule has 1 aliphatic heterocycles. The van der Waals surface area contributed by atoms with E-state index in [9.17, 15) is 0 Å². The summed E-state index contributed by atoms with van der Waals surface area (Å²) in [6, 6.07) is 0. The van der Waals surface area contributed by atoms with Gasteiger partial charge in [0.15, 0.2) is 10.4 Å². The minimum atomic E-state index is 0.566. The lowest BCUT2D eigenvalue weighted by atomic mass is 10.1. The van der Waals surface area contributed by atoms with Crippen LogP contribution in [0.15, 0.2) is 0 Å². The van der Waals surface area contributed by atoms with Crippen molar-refractivity contribution < 1.29 is 4.74 Å². The molecule has 0 spiro atoms. The van der Waals surface area contributed by atoms with Crippen LogP contribution in [0.3, 0.4) is 0 Å². The zero-order valence-electron chi connectivity index (χ0n) is 10.8. The number of hydrogen-bond acceptors (Lipinski definition) is 3. The van der Waals surface area contributed by atoms with Gasteiger partial charge in [-0.25, -0.2) is 4.68 Å². The molecule has 5 nitrogen and oxygen atoms in total. The molecule has 98 valence electrons. The van der Waals surface area contributed by atoms with Crippen LogP contribution in [0.1, 0.15) is 19.0 Å². The molecule has 18 heavy (non-hydrogen) atoms. The molecule has 1 atom stereocenters. The Hall–Kier alpha value is -1.14. The van der Waals surface area contributed by atoms with Crippen LogP contribution >= 0.6 is 12.2 Å². The third kappa shape index (κ3) is 1.80. The molecule has 0 amide bonds. The number of aryl methyl sites for hydroxylation is 2. The van der Waals surface area contributed by atoms with Crippen LogP contribution in [0.25, 0.3) is 11.2 Å². The molecule has 6 heteroatoms. The Labute approximate surface area is 111 Å². The Bertz CT molecular complexity index is 618. The van der Waals surface area contributed by atoms with Crippen molar-refractivity contribution in [2.45, 2.75) is 33.4 Å². The first-order valence-electron chi connectivity index (χ1n) is 6.44. The number of hydrogen-bond donors (Lipinski definition) is 1. The molecule has 2 aromatic heterocycles. The lowest BCUT2D eigenvalue weighted by Gasteiger charge is -2.10. The van der Waals surface area contributed by atoms with Crippen molar-refractivity contribution in [3.05, 3.63) is 10.5 Å². The molecule has 2 aromatic rings. The summed E-state index contributed by atoms with van der Waals surface area (Å²) in [6.07, 6.45) is 1.12. The second-order valence-corrected chi connectivity index (χ2v) is 5.26. The Morgan fingerprint density at radius 2 is 2.39 bits per heavy atom. The minimum Gasteiger partial charge on any atom is -0.381 e. The number of aromatic nitrogens is 4. The summed E-state index contributed by atoms with van der Waals surface area (Å²) >= 11 is 5.43. The van der Waals surface area contributed by atoms with Crippen molar-refractivity contribution in [2.75, 3.05) is 13.2 Å². The van der Waals surface area contributed by atoms with Gasteiger partial charge in [-0.1, -0.05) is 0 Å². The maximum absolute atomic E-state index is 5.44. The number of nitrogens with zero attached hydrogens (tertiary/aromatic N) is 3. The summed E-state index contributed by atoms with van der Waals surface area (Å²) in [7, 11) is 0. The summed E-state index contributed by atoms with van der Waals surface area (Å²) in [4.78, 5) is 3.28. The topological polar surface area (TPSA) is 47.8 Å². The number of fused-ring (bicyclic) bond motifs is 1. The minimum absolute atomic E-state index is 0.566. The van der Waals surface area contributed by atoms with Gasteiger partial charge in [-0.3, -0.25) is 0 Å². The largest absolute Gasteiger partial charge is 0.381 e. The fourth-order valence-electron chi connectivity index (χ4n) is 2.64. The average molecular weight is 266 g/mol. The lowest BCUT2D eigenvalue weighted by molar-refractivity contribution is 0.182. The Kier molecular flexibility index (Phi) is 2.99. The molecule has 1 saturated heterocycles. The van der Waals surface area contributed by atoms with E-state index in [2.05, 4.69) is 21.6 Å². The second-order valence-electron chi connectivity index (χ2n) is 4.87. The monoisotopic (exact) mass is 266 g/mol. The number of H-pyrrole nitrogens is 1. The summed E-state index contributed by atoms with van der Waals surface area (Å²) < 4.78 is 10.4. The summed E-state index contributed by atoms with van der Waals surface area (Å²) in [5, 5.41) is 4.53. The summed E-state index contributed by atoms with van der Waals surface area (Å²) in [6.45, 7) is 7.61. The molecular weight excluding hydrogens is 248 g/mol. The van der Waals surface area contributed by atoms with Gasteiger partial charge in [0.05, 0.1) is 12.3 Å². The zero-order valence-corrected chi connectivity index (χ0v) is 11.6. The molecule has 3 heterocycles. The number of ether oxygens (including phenoxy) is 1. The van der Waals surface area contributed by atoms with Crippen LogP contribution in [0.4, 0.5) is 0 Å². The molecule has 1 N–H and O–H groups in total. The van der Waals surface area contributed by atoms with Gasteiger partial charge in [0, 0.05) is 25.6 Å². The third-order valence-electron chi connectivity index (χ3n) is 3.60. The van der Waals surface area contributed by atoms with E-state index in [-0.39, 0.29) is 0 Å². The van der Waals surface area contributed by atoms with Crippen molar-refractivity contribution in [1.29, 1.82) is 0 Å². The predicted molar refractivity (Wildman–Crippen MR) is 72.2 cm³/mol. The quantitative estimate of drug-likeness (QED) is 0.867. The van der Waals surface area contributed by atoms with E-state index in [0.717, 1.165) is 54.4 Å². The number of nitrogens with one attached hydrogen (secondary N) is 1. The number of rotatable bonds is 3. The molecule has 1 fully saturated rings. The van der Waals surface area contributed by atoms with Gasteiger partial charge < -0.3 is 14.3 Å². The first kappa shape index (κ1) is 11.9. The zero-order chi connectivity index (χ0) is 12.7. The van der Waals surface area contributed by atoms with Crippen LogP contribution in [-0.4, -0.2) is 32.5 Å². The van der Waals surface area contributed by atoms with Crippen LogP contribution in [0, 0.1) is 17.6 Å². The van der Waals surface area contributed by atoms with Gasteiger partial charge in [-0.15, -0.1) is 0 Å². The molecule has 0 aliphatic carbocycles.